The lowest BCUT2D eigenvalue weighted by Gasteiger charge is -2.10. The average molecular weight is 290 g/mol. The molecule has 3 N–H and O–H groups in total. The van der Waals surface area contributed by atoms with Crippen molar-refractivity contribution in [2.75, 3.05) is 6.54 Å². The molecule has 0 aliphatic heterocycles. The predicted molar refractivity (Wildman–Crippen MR) is 80.0 cm³/mol. The fraction of sp³-hybridized carbons (Fsp3) is 0.500. The Balaban J connectivity index is 1.71. The maximum Gasteiger partial charge on any atom is 0.315 e. The van der Waals surface area contributed by atoms with Crippen molar-refractivity contribution in [1.82, 2.24) is 10.6 Å². The number of carboxylic acid groups (broad SMARTS) is 1. The minimum absolute atomic E-state index is 0.0269. The first kappa shape index (κ1) is 15.4. The van der Waals surface area contributed by atoms with Crippen LogP contribution in [-0.4, -0.2) is 23.7 Å². The van der Waals surface area contributed by atoms with Gasteiger partial charge in [-0.05, 0) is 29.9 Å². The topological polar surface area (TPSA) is 78.4 Å². The van der Waals surface area contributed by atoms with Gasteiger partial charge in [0.05, 0.1) is 6.42 Å². The van der Waals surface area contributed by atoms with Gasteiger partial charge in [0.2, 0.25) is 0 Å². The van der Waals surface area contributed by atoms with Crippen molar-refractivity contribution >= 4 is 12.0 Å². The number of hydrogen-bond donors (Lipinski definition) is 3. The molecule has 21 heavy (non-hydrogen) atoms. The van der Waals surface area contributed by atoms with E-state index >= 15 is 0 Å². The van der Waals surface area contributed by atoms with Crippen molar-refractivity contribution in [3.05, 3.63) is 35.4 Å². The summed E-state index contributed by atoms with van der Waals surface area (Å²) < 4.78 is 0. The lowest BCUT2D eigenvalue weighted by molar-refractivity contribution is -0.136. The predicted octanol–water partition coefficient (Wildman–Crippen LogP) is 2.30. The Hall–Kier alpha value is -2.04. The molecular weight excluding hydrogens is 268 g/mol. The van der Waals surface area contributed by atoms with E-state index in [1.807, 2.05) is 12.1 Å². The monoisotopic (exact) mass is 290 g/mol. The first-order chi connectivity index (χ1) is 10.1. The number of amides is 2. The van der Waals surface area contributed by atoms with Crippen LogP contribution in [-0.2, 0) is 17.8 Å². The van der Waals surface area contributed by atoms with E-state index in [1.165, 1.54) is 19.3 Å². The first-order valence-electron chi connectivity index (χ1n) is 7.45. The maximum atomic E-state index is 11.7. The third kappa shape index (κ3) is 5.85. The summed E-state index contributed by atoms with van der Waals surface area (Å²) >= 11 is 0. The Labute approximate surface area is 124 Å². The van der Waals surface area contributed by atoms with E-state index < -0.39 is 5.97 Å². The van der Waals surface area contributed by atoms with Gasteiger partial charge in [0.25, 0.3) is 0 Å². The molecule has 0 bridgehead atoms. The van der Waals surface area contributed by atoms with Gasteiger partial charge in [0.1, 0.15) is 0 Å². The Morgan fingerprint density at radius 1 is 1.14 bits per heavy atom. The van der Waals surface area contributed by atoms with Gasteiger partial charge in [-0.15, -0.1) is 0 Å². The largest absolute Gasteiger partial charge is 0.481 e. The Bertz CT molecular complexity index is 498. The molecule has 0 unspecified atom stereocenters. The molecule has 0 atom stereocenters. The lowest BCUT2D eigenvalue weighted by Crippen LogP contribution is -2.35. The van der Waals surface area contributed by atoms with E-state index in [-0.39, 0.29) is 12.5 Å². The van der Waals surface area contributed by atoms with Crippen LogP contribution >= 0.6 is 0 Å². The van der Waals surface area contributed by atoms with Crippen molar-refractivity contribution in [1.29, 1.82) is 0 Å². The van der Waals surface area contributed by atoms with Gasteiger partial charge < -0.3 is 15.7 Å². The zero-order valence-corrected chi connectivity index (χ0v) is 12.1. The summed E-state index contributed by atoms with van der Waals surface area (Å²) in [4.78, 5) is 22.5. The van der Waals surface area contributed by atoms with E-state index in [2.05, 4.69) is 10.6 Å². The molecule has 114 valence electrons. The average Bonchev–Trinajstić information content (AvgIpc) is 3.26. The normalized spacial score (nSPS) is 13.7. The van der Waals surface area contributed by atoms with Crippen LogP contribution in [0.1, 0.15) is 36.8 Å². The number of benzene rings is 1. The van der Waals surface area contributed by atoms with Gasteiger partial charge in [-0.3, -0.25) is 4.79 Å². The Morgan fingerprint density at radius 3 is 2.52 bits per heavy atom. The molecule has 1 fully saturated rings. The molecule has 1 aliphatic carbocycles. The molecule has 0 spiro atoms. The Kier molecular flexibility index (Phi) is 5.60. The summed E-state index contributed by atoms with van der Waals surface area (Å²) in [5, 5.41) is 14.5. The van der Waals surface area contributed by atoms with Gasteiger partial charge in [0, 0.05) is 13.1 Å². The Morgan fingerprint density at radius 2 is 1.86 bits per heavy atom. The molecule has 1 aromatic carbocycles. The highest BCUT2D eigenvalue weighted by molar-refractivity contribution is 5.74. The van der Waals surface area contributed by atoms with Gasteiger partial charge in [-0.2, -0.15) is 0 Å². The minimum atomic E-state index is -0.869. The summed E-state index contributed by atoms with van der Waals surface area (Å²) in [6.07, 6.45) is 4.87. The van der Waals surface area contributed by atoms with Crippen molar-refractivity contribution < 1.29 is 14.7 Å². The van der Waals surface area contributed by atoms with Crippen LogP contribution < -0.4 is 10.6 Å². The van der Waals surface area contributed by atoms with E-state index in [9.17, 15) is 9.59 Å². The fourth-order valence-electron chi connectivity index (χ4n) is 2.30. The van der Waals surface area contributed by atoms with Crippen LogP contribution in [0.2, 0.25) is 0 Å². The molecule has 2 rings (SSSR count). The van der Waals surface area contributed by atoms with E-state index in [1.54, 1.807) is 12.1 Å². The van der Waals surface area contributed by atoms with Gasteiger partial charge in [0.15, 0.2) is 0 Å². The van der Waals surface area contributed by atoms with Crippen LogP contribution in [0.3, 0.4) is 0 Å². The molecule has 5 nitrogen and oxygen atoms in total. The third-order valence-electron chi connectivity index (χ3n) is 3.67. The fourth-order valence-corrected chi connectivity index (χ4v) is 2.30. The van der Waals surface area contributed by atoms with Crippen molar-refractivity contribution in [2.24, 2.45) is 5.92 Å². The lowest BCUT2D eigenvalue weighted by atomic mass is 10.0. The SMILES string of the molecule is O=C(O)Cc1ccccc1CNC(=O)NCCCC1CC1. The molecule has 0 aromatic heterocycles. The zero-order chi connectivity index (χ0) is 15.1. The molecule has 2 amide bonds. The molecule has 1 aromatic rings. The van der Waals surface area contributed by atoms with Crippen molar-refractivity contribution in [3.63, 3.8) is 0 Å². The molecule has 0 saturated heterocycles. The molecule has 1 saturated carbocycles. The first-order valence-corrected chi connectivity index (χ1v) is 7.45. The molecule has 5 heteroatoms. The van der Waals surface area contributed by atoms with Crippen LogP contribution in [0.4, 0.5) is 4.79 Å². The quantitative estimate of drug-likeness (QED) is 0.643. The number of urea groups is 1. The molecule has 1 aliphatic rings. The van der Waals surface area contributed by atoms with E-state index in [0.29, 0.717) is 13.1 Å². The summed E-state index contributed by atoms with van der Waals surface area (Å²) in [5.74, 6) is 0.0183. The molecule has 0 radical (unpaired) electrons. The van der Waals surface area contributed by atoms with Gasteiger partial charge in [-0.25, -0.2) is 4.79 Å². The van der Waals surface area contributed by atoms with Crippen LogP contribution in [0.25, 0.3) is 0 Å². The third-order valence-corrected chi connectivity index (χ3v) is 3.67. The number of carbonyl (C=O) groups is 2. The highest BCUT2D eigenvalue weighted by Crippen LogP contribution is 2.33. The molecule has 0 heterocycles. The van der Waals surface area contributed by atoms with Gasteiger partial charge >= 0.3 is 12.0 Å². The van der Waals surface area contributed by atoms with E-state index in [0.717, 1.165) is 23.5 Å². The van der Waals surface area contributed by atoms with Crippen LogP contribution in [0, 0.1) is 5.92 Å². The highest BCUT2D eigenvalue weighted by Gasteiger charge is 2.20. The van der Waals surface area contributed by atoms with Gasteiger partial charge in [-0.1, -0.05) is 37.1 Å². The number of aliphatic carboxylic acids is 1. The van der Waals surface area contributed by atoms with Crippen molar-refractivity contribution in [2.45, 2.75) is 38.6 Å². The maximum absolute atomic E-state index is 11.7. The zero-order valence-electron chi connectivity index (χ0n) is 12.1. The number of carboxylic acids is 1. The number of hydrogen-bond acceptors (Lipinski definition) is 2. The van der Waals surface area contributed by atoms with Crippen molar-refractivity contribution in [3.8, 4) is 0 Å². The number of nitrogens with one attached hydrogen (secondary N) is 2. The number of carbonyl (C=O) groups excluding carboxylic acids is 1. The summed E-state index contributed by atoms with van der Waals surface area (Å²) in [7, 11) is 0. The standard InChI is InChI=1S/C16H22N2O3/c19-15(20)10-13-5-1-2-6-14(13)11-18-16(21)17-9-3-4-12-7-8-12/h1-2,5-6,12H,3-4,7-11H2,(H,19,20)(H2,17,18,21). The smallest absolute Gasteiger partial charge is 0.315 e. The second-order valence-electron chi connectivity index (χ2n) is 5.53. The van der Waals surface area contributed by atoms with Crippen LogP contribution in [0.15, 0.2) is 24.3 Å². The summed E-state index contributed by atoms with van der Waals surface area (Å²) in [6, 6.07) is 7.07. The van der Waals surface area contributed by atoms with E-state index in [4.69, 9.17) is 5.11 Å². The summed E-state index contributed by atoms with van der Waals surface area (Å²) in [6.45, 7) is 1.04. The minimum Gasteiger partial charge on any atom is -0.481 e. The molecular formula is C16H22N2O3. The number of rotatable bonds is 8. The highest BCUT2D eigenvalue weighted by atomic mass is 16.4. The summed E-state index contributed by atoms with van der Waals surface area (Å²) in [5.41, 5.74) is 1.58. The second-order valence-corrected chi connectivity index (χ2v) is 5.53. The second kappa shape index (κ2) is 7.67. The van der Waals surface area contributed by atoms with Crippen LogP contribution in [0.5, 0.6) is 0 Å².